The zero-order valence-corrected chi connectivity index (χ0v) is 13.4. The first-order chi connectivity index (χ1) is 9.37. The highest BCUT2D eigenvalue weighted by atomic mass is 16.5. The van der Waals surface area contributed by atoms with Gasteiger partial charge in [-0.25, -0.2) is 0 Å². The van der Waals surface area contributed by atoms with Crippen LogP contribution in [-0.2, 0) is 9.53 Å². The monoisotopic (exact) mass is 282 g/mol. The summed E-state index contributed by atoms with van der Waals surface area (Å²) in [5.41, 5.74) is 0.168. The van der Waals surface area contributed by atoms with Gasteiger partial charge in [0.1, 0.15) is 5.78 Å². The molecule has 0 aromatic rings. The van der Waals surface area contributed by atoms with Crippen LogP contribution in [0.4, 0.5) is 0 Å². The molecule has 3 fully saturated rings. The van der Waals surface area contributed by atoms with Gasteiger partial charge >= 0.3 is 0 Å². The molecule has 0 unspecified atom stereocenters. The number of ketones is 1. The summed E-state index contributed by atoms with van der Waals surface area (Å²) in [5.74, 6) is 0.394. The van der Waals surface area contributed by atoms with E-state index in [2.05, 4.69) is 24.5 Å². The van der Waals surface area contributed by atoms with Crippen LogP contribution in [0.1, 0.15) is 53.4 Å². The average molecular weight is 282 g/mol. The van der Waals surface area contributed by atoms with Crippen LogP contribution in [0.15, 0.2) is 0 Å². The first-order valence-electron chi connectivity index (χ1n) is 8.02. The Morgan fingerprint density at radius 1 is 1.15 bits per heavy atom. The van der Waals surface area contributed by atoms with Crippen molar-refractivity contribution in [2.24, 2.45) is 5.92 Å². The van der Waals surface area contributed by atoms with Crippen molar-refractivity contribution in [3.63, 3.8) is 0 Å². The number of carbonyl (C=O) groups is 1. The minimum atomic E-state index is -0.0301. The van der Waals surface area contributed by atoms with Gasteiger partial charge in [0.2, 0.25) is 0 Å². The first kappa shape index (κ1) is 15.9. The Morgan fingerprint density at radius 2 is 1.80 bits per heavy atom. The zero-order valence-electron chi connectivity index (χ0n) is 13.4. The molecule has 116 valence electrons. The summed E-state index contributed by atoms with van der Waals surface area (Å²) >= 11 is 0. The van der Waals surface area contributed by atoms with E-state index in [1.165, 1.54) is 12.8 Å². The third kappa shape index (κ3) is 3.60. The third-order valence-electron chi connectivity index (χ3n) is 4.76. The topological polar surface area (TPSA) is 50.4 Å². The minimum absolute atomic E-state index is 0.0301. The van der Waals surface area contributed by atoms with Gasteiger partial charge in [-0.05, 0) is 25.7 Å². The molecule has 0 amide bonds. The molecule has 0 spiro atoms. The molecule has 2 N–H and O–H groups in total. The minimum Gasteiger partial charge on any atom is -0.372 e. The lowest BCUT2D eigenvalue weighted by atomic mass is 9.71. The summed E-state index contributed by atoms with van der Waals surface area (Å²) < 4.78 is 6.17. The lowest BCUT2D eigenvalue weighted by Crippen LogP contribution is -2.65. The van der Waals surface area contributed by atoms with Crippen LogP contribution in [0.3, 0.4) is 0 Å². The fourth-order valence-corrected chi connectivity index (χ4v) is 3.41. The molecular formula is C16H30N2O2. The molecule has 0 atom stereocenters. The van der Waals surface area contributed by atoms with Crippen LogP contribution < -0.4 is 10.6 Å². The van der Waals surface area contributed by atoms with E-state index in [9.17, 15) is 4.79 Å². The van der Waals surface area contributed by atoms with Crippen LogP contribution in [0.5, 0.6) is 0 Å². The van der Waals surface area contributed by atoms with Crippen LogP contribution >= 0.6 is 0 Å². The van der Waals surface area contributed by atoms with Crippen LogP contribution in [0.25, 0.3) is 0 Å². The summed E-state index contributed by atoms with van der Waals surface area (Å²) in [5, 5.41) is 7.00. The Balaban J connectivity index is 1.80. The lowest BCUT2D eigenvalue weighted by Gasteiger charge is -2.54. The van der Waals surface area contributed by atoms with Gasteiger partial charge in [-0.1, -0.05) is 27.7 Å². The molecule has 0 radical (unpaired) electrons. The second kappa shape index (κ2) is 6.12. The van der Waals surface area contributed by atoms with Gasteiger partial charge in [0.05, 0.1) is 18.8 Å². The number of carbonyl (C=O) groups excluding carboxylic acids is 1. The molecule has 20 heavy (non-hydrogen) atoms. The molecule has 3 aliphatic rings. The Labute approximate surface area is 123 Å². The molecule has 0 aromatic heterocycles. The van der Waals surface area contributed by atoms with Gasteiger partial charge in [-0.3, -0.25) is 4.79 Å². The molecule has 0 aromatic carbocycles. The molecule has 3 rings (SSSR count). The van der Waals surface area contributed by atoms with Crippen LogP contribution in [0, 0.1) is 5.92 Å². The van der Waals surface area contributed by atoms with Gasteiger partial charge in [-0.15, -0.1) is 0 Å². The highest BCUT2D eigenvalue weighted by Gasteiger charge is 2.49. The van der Waals surface area contributed by atoms with Crippen molar-refractivity contribution < 1.29 is 9.53 Å². The molecular weight excluding hydrogens is 252 g/mol. The summed E-state index contributed by atoms with van der Waals surface area (Å²) in [6.45, 7) is 10.4. The van der Waals surface area contributed by atoms with Gasteiger partial charge in [0, 0.05) is 24.0 Å². The van der Waals surface area contributed by atoms with E-state index >= 15 is 0 Å². The summed E-state index contributed by atoms with van der Waals surface area (Å²) in [7, 11) is 0. The van der Waals surface area contributed by atoms with Gasteiger partial charge in [0.25, 0.3) is 0 Å². The quantitative estimate of drug-likeness (QED) is 0.748. The SMILES string of the molecule is CC(C)NC12CCC(CNCC(=O)C(C)C)(CC1)OC2. The van der Waals surface area contributed by atoms with Crippen molar-refractivity contribution in [1.29, 1.82) is 0 Å². The van der Waals surface area contributed by atoms with E-state index in [4.69, 9.17) is 4.74 Å². The highest BCUT2D eigenvalue weighted by Crippen LogP contribution is 2.43. The number of hydrogen-bond acceptors (Lipinski definition) is 4. The number of Topliss-reactive ketones (excluding diaryl/α,β-unsaturated/α-hetero) is 1. The Hall–Kier alpha value is -0.450. The maximum absolute atomic E-state index is 11.6. The van der Waals surface area contributed by atoms with Gasteiger partial charge in [0.15, 0.2) is 0 Å². The van der Waals surface area contributed by atoms with Crippen LogP contribution in [0.2, 0.25) is 0 Å². The van der Waals surface area contributed by atoms with E-state index in [0.29, 0.717) is 12.6 Å². The average Bonchev–Trinajstić information content (AvgIpc) is 2.40. The molecule has 4 heteroatoms. The third-order valence-corrected chi connectivity index (χ3v) is 4.76. The van der Waals surface area contributed by atoms with Crippen molar-refractivity contribution in [3.05, 3.63) is 0 Å². The Morgan fingerprint density at radius 3 is 2.25 bits per heavy atom. The maximum atomic E-state index is 11.6. The van der Waals surface area contributed by atoms with Crippen LogP contribution in [-0.4, -0.2) is 42.7 Å². The fourth-order valence-electron chi connectivity index (χ4n) is 3.41. The number of hydrogen-bond donors (Lipinski definition) is 2. The molecule has 2 aliphatic heterocycles. The number of fused-ring (bicyclic) bond motifs is 3. The predicted octanol–water partition coefficient (Wildman–Crippen LogP) is 1.88. The molecule has 2 heterocycles. The van der Waals surface area contributed by atoms with Crippen molar-refractivity contribution in [2.45, 2.75) is 70.6 Å². The predicted molar refractivity (Wildman–Crippen MR) is 80.9 cm³/mol. The van der Waals surface area contributed by atoms with Crippen molar-refractivity contribution >= 4 is 5.78 Å². The fraction of sp³-hybridized carbons (Fsp3) is 0.938. The molecule has 1 saturated carbocycles. The second-order valence-corrected chi connectivity index (χ2v) is 7.28. The summed E-state index contributed by atoms with van der Waals surface area (Å²) in [4.78, 5) is 11.6. The standard InChI is InChI=1S/C16H30N2O2/c1-12(2)14(19)9-17-10-16-7-5-15(6-8-16,11-20-16)18-13(3)4/h12-13,17-18H,5-11H2,1-4H3. The summed E-state index contributed by atoms with van der Waals surface area (Å²) in [6, 6.07) is 0.506. The van der Waals surface area contributed by atoms with Crippen molar-refractivity contribution in [2.75, 3.05) is 19.7 Å². The number of rotatable bonds is 7. The van der Waals surface area contributed by atoms with E-state index in [1.54, 1.807) is 0 Å². The second-order valence-electron chi connectivity index (χ2n) is 7.28. The van der Waals surface area contributed by atoms with E-state index in [0.717, 1.165) is 26.0 Å². The highest BCUT2D eigenvalue weighted by molar-refractivity contribution is 5.82. The van der Waals surface area contributed by atoms with Crippen molar-refractivity contribution in [1.82, 2.24) is 10.6 Å². The molecule has 2 bridgehead atoms. The Kier molecular flexibility index (Phi) is 4.88. The zero-order chi connectivity index (χ0) is 14.8. The normalized spacial score (nSPS) is 33.1. The van der Waals surface area contributed by atoms with E-state index in [-0.39, 0.29) is 22.8 Å². The molecule has 2 saturated heterocycles. The molecule has 4 nitrogen and oxygen atoms in total. The Bertz CT molecular complexity index is 328. The van der Waals surface area contributed by atoms with E-state index in [1.807, 2.05) is 13.8 Å². The van der Waals surface area contributed by atoms with E-state index < -0.39 is 0 Å². The lowest BCUT2D eigenvalue weighted by molar-refractivity contribution is -0.161. The molecule has 1 aliphatic carbocycles. The number of ether oxygens (including phenoxy) is 1. The van der Waals surface area contributed by atoms with Gasteiger partial charge in [-0.2, -0.15) is 0 Å². The van der Waals surface area contributed by atoms with Crippen molar-refractivity contribution in [3.8, 4) is 0 Å². The number of nitrogens with one attached hydrogen (secondary N) is 2. The van der Waals surface area contributed by atoms with Gasteiger partial charge < -0.3 is 15.4 Å². The maximum Gasteiger partial charge on any atom is 0.149 e. The first-order valence-corrected chi connectivity index (χ1v) is 8.02. The summed E-state index contributed by atoms with van der Waals surface area (Å²) in [6.07, 6.45) is 4.56. The largest absolute Gasteiger partial charge is 0.372 e. The smallest absolute Gasteiger partial charge is 0.149 e.